The van der Waals surface area contributed by atoms with E-state index in [-0.39, 0.29) is 5.78 Å². The van der Waals surface area contributed by atoms with Gasteiger partial charge in [0.15, 0.2) is 5.78 Å². The Morgan fingerprint density at radius 1 is 1.89 bits per heavy atom. The molecular weight excluding hydrogens is 184 g/mol. The van der Waals surface area contributed by atoms with Crippen LogP contribution in [0, 0.1) is 0 Å². The van der Waals surface area contributed by atoms with Gasteiger partial charge in [0.05, 0.1) is 17.9 Å². The van der Waals surface area contributed by atoms with E-state index in [0.29, 0.717) is 11.0 Å². The van der Waals surface area contributed by atoms with Crippen LogP contribution in [0.2, 0.25) is 0 Å². The van der Waals surface area contributed by atoms with Gasteiger partial charge in [0, 0.05) is 0 Å². The number of alkyl halides is 1. The number of carbonyl (C=O) groups is 1. The number of nitrogens with one attached hydrogen (secondary N) is 1. The normalized spacial score (nSPS) is 9.44. The molecule has 0 radical (unpaired) electrons. The molecule has 1 N–H and O–H groups in total. The average molecular weight is 189 g/mol. The monoisotopic (exact) mass is 188 g/mol. The summed E-state index contributed by atoms with van der Waals surface area (Å²) >= 11 is 3.04. The largest absolute Gasteiger partial charge is 0.342 e. The lowest BCUT2D eigenvalue weighted by atomic mass is 10.3. The Morgan fingerprint density at radius 2 is 2.67 bits per heavy atom. The number of aromatic amines is 1. The van der Waals surface area contributed by atoms with Gasteiger partial charge in [0.2, 0.25) is 0 Å². The van der Waals surface area contributed by atoms with Gasteiger partial charge in [-0.3, -0.25) is 4.79 Å². The summed E-state index contributed by atoms with van der Waals surface area (Å²) in [6.07, 6.45) is 2.99. The Labute approximate surface area is 60.6 Å². The number of ketones is 1. The number of imidazole rings is 1. The van der Waals surface area contributed by atoms with Gasteiger partial charge in [0.25, 0.3) is 0 Å². The molecule has 0 atom stereocenters. The first-order valence-corrected chi connectivity index (χ1v) is 3.54. The van der Waals surface area contributed by atoms with Crippen LogP contribution in [0.1, 0.15) is 10.5 Å². The molecule has 4 heteroatoms. The molecule has 0 bridgehead atoms. The van der Waals surface area contributed by atoms with Gasteiger partial charge in [0.1, 0.15) is 5.69 Å². The Bertz CT molecular complexity index is 195. The molecule has 1 rings (SSSR count). The molecule has 0 spiro atoms. The van der Waals surface area contributed by atoms with Gasteiger partial charge in [-0.25, -0.2) is 4.98 Å². The lowest BCUT2D eigenvalue weighted by molar-refractivity contribution is 0.101. The van der Waals surface area contributed by atoms with Crippen molar-refractivity contribution in [2.75, 3.05) is 5.33 Å². The first kappa shape index (κ1) is 6.48. The fraction of sp³-hybridized carbons (Fsp3) is 0.200. The summed E-state index contributed by atoms with van der Waals surface area (Å²) in [5, 5.41) is 0.342. The van der Waals surface area contributed by atoms with Crippen molar-refractivity contribution in [3.63, 3.8) is 0 Å². The van der Waals surface area contributed by atoms with Gasteiger partial charge in [-0.05, 0) is 0 Å². The first-order valence-electron chi connectivity index (χ1n) is 2.42. The van der Waals surface area contributed by atoms with Crippen LogP contribution >= 0.6 is 15.9 Å². The van der Waals surface area contributed by atoms with E-state index in [1.807, 2.05) is 0 Å². The van der Waals surface area contributed by atoms with Crippen LogP contribution in [-0.4, -0.2) is 21.1 Å². The summed E-state index contributed by atoms with van der Waals surface area (Å²) in [6.45, 7) is 0. The summed E-state index contributed by atoms with van der Waals surface area (Å²) in [7, 11) is 0. The van der Waals surface area contributed by atoms with E-state index >= 15 is 0 Å². The van der Waals surface area contributed by atoms with E-state index in [4.69, 9.17) is 0 Å². The molecule has 0 unspecified atom stereocenters. The van der Waals surface area contributed by atoms with E-state index in [2.05, 4.69) is 25.9 Å². The molecule has 48 valence electrons. The fourth-order valence-electron chi connectivity index (χ4n) is 0.480. The van der Waals surface area contributed by atoms with E-state index in [0.717, 1.165) is 0 Å². The lowest BCUT2D eigenvalue weighted by Crippen LogP contribution is -1.98. The third kappa shape index (κ3) is 1.38. The van der Waals surface area contributed by atoms with Crippen LogP contribution in [0.25, 0.3) is 0 Å². The van der Waals surface area contributed by atoms with Crippen LogP contribution in [0.3, 0.4) is 0 Å². The highest BCUT2D eigenvalue weighted by molar-refractivity contribution is 9.09. The van der Waals surface area contributed by atoms with E-state index in [9.17, 15) is 4.79 Å². The molecule has 1 aromatic rings. The number of halogens is 1. The Balaban J connectivity index is 2.77. The number of Topliss-reactive ketones (excluding diaryl/α,β-unsaturated/α-hetero) is 1. The van der Waals surface area contributed by atoms with Crippen LogP contribution < -0.4 is 0 Å². The second kappa shape index (κ2) is 2.77. The highest BCUT2D eigenvalue weighted by Crippen LogP contribution is 1.95. The average Bonchev–Trinajstić information content (AvgIpc) is 2.37. The SMILES string of the molecule is O=C(CBr)c1cnc[nH]1. The lowest BCUT2D eigenvalue weighted by Gasteiger charge is -1.85. The minimum Gasteiger partial charge on any atom is -0.342 e. The van der Waals surface area contributed by atoms with Crippen molar-refractivity contribution in [3.05, 3.63) is 18.2 Å². The number of nitrogens with zero attached hydrogens (tertiary/aromatic N) is 1. The van der Waals surface area contributed by atoms with Gasteiger partial charge < -0.3 is 4.98 Å². The third-order valence-corrected chi connectivity index (χ3v) is 1.43. The Morgan fingerprint density at radius 3 is 3.11 bits per heavy atom. The van der Waals surface area contributed by atoms with E-state index in [1.54, 1.807) is 0 Å². The van der Waals surface area contributed by atoms with E-state index in [1.165, 1.54) is 12.5 Å². The zero-order chi connectivity index (χ0) is 6.69. The Hall–Kier alpha value is -0.640. The van der Waals surface area contributed by atoms with E-state index < -0.39 is 0 Å². The second-order valence-corrected chi connectivity index (χ2v) is 2.08. The van der Waals surface area contributed by atoms with Crippen LogP contribution in [0.5, 0.6) is 0 Å². The van der Waals surface area contributed by atoms with Crippen molar-refractivity contribution in [1.82, 2.24) is 9.97 Å². The number of rotatable bonds is 2. The van der Waals surface area contributed by atoms with Gasteiger partial charge in [-0.15, -0.1) is 0 Å². The van der Waals surface area contributed by atoms with Crippen molar-refractivity contribution in [3.8, 4) is 0 Å². The maximum Gasteiger partial charge on any atom is 0.191 e. The third-order valence-electron chi connectivity index (χ3n) is 0.920. The van der Waals surface area contributed by atoms with Crippen LogP contribution in [0.15, 0.2) is 12.5 Å². The van der Waals surface area contributed by atoms with Crippen molar-refractivity contribution in [2.24, 2.45) is 0 Å². The van der Waals surface area contributed by atoms with Crippen molar-refractivity contribution >= 4 is 21.7 Å². The first-order chi connectivity index (χ1) is 4.34. The number of aromatic nitrogens is 2. The number of hydrogen-bond acceptors (Lipinski definition) is 2. The maximum absolute atomic E-state index is 10.8. The van der Waals surface area contributed by atoms with Crippen molar-refractivity contribution < 1.29 is 4.79 Å². The molecule has 0 aromatic carbocycles. The second-order valence-electron chi connectivity index (χ2n) is 1.52. The summed E-state index contributed by atoms with van der Waals surface area (Å²) in [4.78, 5) is 17.1. The standard InChI is InChI=1S/C5H5BrN2O/c6-1-5(9)4-2-7-3-8-4/h2-3H,1H2,(H,7,8). The molecule has 0 saturated heterocycles. The summed E-state index contributed by atoms with van der Waals surface area (Å²) in [5.74, 6) is 0.0208. The zero-order valence-corrected chi connectivity index (χ0v) is 6.18. The molecule has 1 aromatic heterocycles. The molecule has 0 amide bonds. The fourth-order valence-corrected chi connectivity index (χ4v) is 0.782. The number of H-pyrrole nitrogens is 1. The molecule has 0 aliphatic rings. The van der Waals surface area contributed by atoms with Gasteiger partial charge >= 0.3 is 0 Å². The summed E-state index contributed by atoms with van der Waals surface area (Å²) < 4.78 is 0. The van der Waals surface area contributed by atoms with Crippen LogP contribution in [0.4, 0.5) is 0 Å². The highest BCUT2D eigenvalue weighted by Gasteiger charge is 2.02. The van der Waals surface area contributed by atoms with Crippen molar-refractivity contribution in [2.45, 2.75) is 0 Å². The smallest absolute Gasteiger partial charge is 0.191 e. The molecule has 3 nitrogen and oxygen atoms in total. The minimum atomic E-state index is 0.0208. The topological polar surface area (TPSA) is 45.8 Å². The molecule has 9 heavy (non-hydrogen) atoms. The molecular formula is C5H5BrN2O. The maximum atomic E-state index is 10.8. The summed E-state index contributed by atoms with van der Waals surface area (Å²) in [6, 6.07) is 0. The summed E-state index contributed by atoms with van der Waals surface area (Å²) in [5.41, 5.74) is 0.548. The quantitative estimate of drug-likeness (QED) is 0.556. The predicted octanol–water partition coefficient (Wildman–Crippen LogP) is 0.987. The molecule has 0 aliphatic heterocycles. The molecule has 0 fully saturated rings. The molecule has 0 aliphatic carbocycles. The Kier molecular flexibility index (Phi) is 2.00. The predicted molar refractivity (Wildman–Crippen MR) is 36.7 cm³/mol. The minimum absolute atomic E-state index is 0.0208. The van der Waals surface area contributed by atoms with Crippen LogP contribution in [-0.2, 0) is 0 Å². The van der Waals surface area contributed by atoms with Gasteiger partial charge in [-0.2, -0.15) is 0 Å². The van der Waals surface area contributed by atoms with Crippen molar-refractivity contribution in [1.29, 1.82) is 0 Å². The highest BCUT2D eigenvalue weighted by atomic mass is 79.9. The molecule has 0 saturated carbocycles. The molecule has 1 heterocycles. The number of hydrogen-bond donors (Lipinski definition) is 1. The van der Waals surface area contributed by atoms with Gasteiger partial charge in [-0.1, -0.05) is 15.9 Å². The zero-order valence-electron chi connectivity index (χ0n) is 4.60. The number of carbonyl (C=O) groups excluding carboxylic acids is 1.